The third-order valence-corrected chi connectivity index (χ3v) is 4.00. The van der Waals surface area contributed by atoms with Crippen LogP contribution in [-0.2, 0) is 4.79 Å². The van der Waals surface area contributed by atoms with Crippen LogP contribution < -0.4 is 5.32 Å². The zero-order valence-electron chi connectivity index (χ0n) is 12.0. The molecule has 0 aromatic heterocycles. The molecule has 0 unspecified atom stereocenters. The predicted octanol–water partition coefficient (Wildman–Crippen LogP) is 3.01. The van der Waals surface area contributed by atoms with Gasteiger partial charge in [0, 0.05) is 12.5 Å². The first-order valence-corrected chi connectivity index (χ1v) is 7.61. The van der Waals surface area contributed by atoms with E-state index in [2.05, 4.69) is 19.2 Å². The molecule has 1 saturated carbocycles. The van der Waals surface area contributed by atoms with Gasteiger partial charge in [0.2, 0.25) is 5.91 Å². The molecule has 0 atom stereocenters. The van der Waals surface area contributed by atoms with E-state index in [4.69, 9.17) is 0 Å². The molecule has 0 aromatic carbocycles. The molecule has 0 saturated heterocycles. The molecule has 3 heteroatoms. The van der Waals surface area contributed by atoms with E-state index in [1.54, 1.807) is 0 Å². The summed E-state index contributed by atoms with van der Waals surface area (Å²) in [5.41, 5.74) is -0.701. The van der Waals surface area contributed by atoms with E-state index in [1.165, 1.54) is 19.3 Å². The second-order valence-corrected chi connectivity index (χ2v) is 5.78. The molecule has 0 radical (unpaired) electrons. The van der Waals surface area contributed by atoms with Crippen LogP contribution in [0.3, 0.4) is 0 Å². The minimum Gasteiger partial charge on any atom is -0.388 e. The number of amides is 1. The first-order valence-electron chi connectivity index (χ1n) is 7.61. The van der Waals surface area contributed by atoms with Crippen molar-refractivity contribution in [2.24, 2.45) is 5.92 Å². The van der Waals surface area contributed by atoms with Gasteiger partial charge in [-0.1, -0.05) is 46.0 Å². The Balaban J connectivity index is 2.38. The molecule has 18 heavy (non-hydrogen) atoms. The fourth-order valence-corrected chi connectivity index (χ4v) is 2.99. The fourth-order valence-electron chi connectivity index (χ4n) is 2.99. The summed E-state index contributed by atoms with van der Waals surface area (Å²) in [5.74, 6) is 0.339. The van der Waals surface area contributed by atoms with Crippen LogP contribution in [0.2, 0.25) is 0 Å². The van der Waals surface area contributed by atoms with Crippen molar-refractivity contribution in [3.05, 3.63) is 0 Å². The van der Waals surface area contributed by atoms with Gasteiger partial charge in [-0.2, -0.15) is 0 Å². The van der Waals surface area contributed by atoms with Gasteiger partial charge in [0.05, 0.1) is 5.60 Å². The van der Waals surface area contributed by atoms with E-state index in [0.29, 0.717) is 6.54 Å². The van der Waals surface area contributed by atoms with E-state index in [0.717, 1.165) is 38.5 Å². The van der Waals surface area contributed by atoms with Gasteiger partial charge < -0.3 is 10.4 Å². The number of nitrogens with one attached hydrogen (secondary N) is 1. The number of hydrogen-bond acceptors (Lipinski definition) is 2. The molecule has 0 bridgehead atoms. The van der Waals surface area contributed by atoms with Gasteiger partial charge in [-0.3, -0.25) is 4.79 Å². The number of aliphatic hydroxyl groups is 1. The lowest BCUT2D eigenvalue weighted by atomic mass is 9.88. The van der Waals surface area contributed by atoms with Gasteiger partial charge in [0.1, 0.15) is 0 Å². The first-order chi connectivity index (χ1) is 8.61. The van der Waals surface area contributed by atoms with Crippen LogP contribution in [0.1, 0.15) is 71.6 Å². The highest BCUT2D eigenvalue weighted by atomic mass is 16.3. The molecule has 1 rings (SSSR count). The van der Waals surface area contributed by atoms with E-state index in [1.807, 2.05) is 0 Å². The lowest BCUT2D eigenvalue weighted by Gasteiger charge is -2.29. The highest BCUT2D eigenvalue weighted by molar-refractivity contribution is 5.78. The molecule has 0 heterocycles. The third-order valence-electron chi connectivity index (χ3n) is 4.00. The van der Waals surface area contributed by atoms with Crippen molar-refractivity contribution < 1.29 is 9.90 Å². The Labute approximate surface area is 111 Å². The summed E-state index contributed by atoms with van der Waals surface area (Å²) in [7, 11) is 0. The average Bonchev–Trinajstić information content (AvgIpc) is 2.38. The highest BCUT2D eigenvalue weighted by Crippen LogP contribution is 2.24. The van der Waals surface area contributed by atoms with Crippen LogP contribution in [0.4, 0.5) is 0 Å². The summed E-state index contributed by atoms with van der Waals surface area (Å²) < 4.78 is 0. The summed E-state index contributed by atoms with van der Waals surface area (Å²) in [4.78, 5) is 12.0. The minimum atomic E-state index is -0.701. The van der Waals surface area contributed by atoms with Gasteiger partial charge in [-0.25, -0.2) is 0 Å². The molecule has 0 spiro atoms. The lowest BCUT2D eigenvalue weighted by Crippen LogP contribution is -2.45. The molecule has 106 valence electrons. The Morgan fingerprint density at radius 3 is 2.22 bits per heavy atom. The molecule has 0 aliphatic heterocycles. The zero-order chi connectivity index (χ0) is 13.4. The predicted molar refractivity (Wildman–Crippen MR) is 74.4 cm³/mol. The van der Waals surface area contributed by atoms with Crippen LogP contribution in [0.25, 0.3) is 0 Å². The van der Waals surface area contributed by atoms with E-state index < -0.39 is 5.60 Å². The van der Waals surface area contributed by atoms with Gasteiger partial charge in [-0.15, -0.1) is 0 Å². The van der Waals surface area contributed by atoms with Crippen LogP contribution in [0.15, 0.2) is 0 Å². The standard InChI is InChI=1S/C15H29NO2/c1-3-10-15(18,11-4-2)12-16-14(17)13-8-6-5-7-9-13/h13,18H,3-12H2,1-2H3,(H,16,17). The Morgan fingerprint density at radius 2 is 1.72 bits per heavy atom. The van der Waals surface area contributed by atoms with Gasteiger partial charge in [-0.05, 0) is 25.7 Å². The van der Waals surface area contributed by atoms with Crippen molar-refractivity contribution in [1.82, 2.24) is 5.32 Å². The summed E-state index contributed by atoms with van der Waals surface area (Å²) >= 11 is 0. The zero-order valence-corrected chi connectivity index (χ0v) is 12.0. The second-order valence-electron chi connectivity index (χ2n) is 5.78. The highest BCUT2D eigenvalue weighted by Gasteiger charge is 2.27. The lowest BCUT2D eigenvalue weighted by molar-refractivity contribution is -0.127. The van der Waals surface area contributed by atoms with E-state index >= 15 is 0 Å². The maximum atomic E-state index is 12.0. The van der Waals surface area contributed by atoms with Crippen LogP contribution in [-0.4, -0.2) is 23.2 Å². The summed E-state index contributed by atoms with van der Waals surface area (Å²) in [6.45, 7) is 4.57. The van der Waals surface area contributed by atoms with Gasteiger partial charge in [0.15, 0.2) is 0 Å². The quantitative estimate of drug-likeness (QED) is 0.734. The summed E-state index contributed by atoms with van der Waals surface area (Å²) in [6.07, 6.45) is 9.10. The number of carbonyl (C=O) groups is 1. The Morgan fingerprint density at radius 1 is 1.17 bits per heavy atom. The average molecular weight is 255 g/mol. The smallest absolute Gasteiger partial charge is 0.223 e. The van der Waals surface area contributed by atoms with Gasteiger partial charge in [0.25, 0.3) is 0 Å². The second kappa shape index (κ2) is 7.78. The van der Waals surface area contributed by atoms with Crippen molar-refractivity contribution in [3.8, 4) is 0 Å². The molecule has 1 aliphatic rings. The molecule has 0 aromatic rings. The molecule has 1 fully saturated rings. The maximum Gasteiger partial charge on any atom is 0.223 e. The normalized spacial score (nSPS) is 17.7. The van der Waals surface area contributed by atoms with Crippen molar-refractivity contribution >= 4 is 5.91 Å². The number of carbonyl (C=O) groups excluding carboxylic acids is 1. The van der Waals surface area contributed by atoms with Crippen molar-refractivity contribution in [2.75, 3.05) is 6.54 Å². The summed E-state index contributed by atoms with van der Waals surface area (Å²) in [5, 5.41) is 13.4. The SMILES string of the molecule is CCCC(O)(CCC)CNC(=O)C1CCCCC1. The van der Waals surface area contributed by atoms with Crippen molar-refractivity contribution in [3.63, 3.8) is 0 Å². The largest absolute Gasteiger partial charge is 0.388 e. The molecular weight excluding hydrogens is 226 g/mol. The van der Waals surface area contributed by atoms with Crippen LogP contribution >= 0.6 is 0 Å². The molecular formula is C15H29NO2. The molecule has 1 aliphatic carbocycles. The first kappa shape index (κ1) is 15.5. The van der Waals surface area contributed by atoms with Gasteiger partial charge >= 0.3 is 0 Å². The van der Waals surface area contributed by atoms with Crippen LogP contribution in [0, 0.1) is 5.92 Å². The molecule has 3 nitrogen and oxygen atoms in total. The van der Waals surface area contributed by atoms with Crippen LogP contribution in [0.5, 0.6) is 0 Å². The molecule has 2 N–H and O–H groups in total. The Kier molecular flexibility index (Phi) is 6.69. The molecule has 1 amide bonds. The Bertz CT molecular complexity index is 241. The fraction of sp³-hybridized carbons (Fsp3) is 0.933. The summed E-state index contributed by atoms with van der Waals surface area (Å²) in [6, 6.07) is 0. The monoisotopic (exact) mass is 255 g/mol. The maximum absolute atomic E-state index is 12.0. The Hall–Kier alpha value is -0.570. The third kappa shape index (κ3) is 4.97. The minimum absolute atomic E-state index is 0.153. The van der Waals surface area contributed by atoms with E-state index in [-0.39, 0.29) is 11.8 Å². The van der Waals surface area contributed by atoms with Crippen molar-refractivity contribution in [2.45, 2.75) is 77.2 Å². The topological polar surface area (TPSA) is 49.3 Å². The number of rotatable bonds is 7. The number of hydrogen-bond donors (Lipinski definition) is 2. The van der Waals surface area contributed by atoms with Crippen molar-refractivity contribution in [1.29, 1.82) is 0 Å². The van der Waals surface area contributed by atoms with E-state index in [9.17, 15) is 9.90 Å².